The minimum atomic E-state index is 0.859. The average Bonchev–Trinajstić information content (AvgIpc) is 3.47. The van der Waals surface area contributed by atoms with Crippen LogP contribution in [0.2, 0.25) is 0 Å². The quantitative estimate of drug-likeness (QED) is 0.215. The molecule has 2 aromatic heterocycles. The van der Waals surface area contributed by atoms with Crippen LogP contribution < -0.4 is 0 Å². The van der Waals surface area contributed by atoms with Crippen molar-refractivity contribution in [3.63, 3.8) is 0 Å². The predicted molar refractivity (Wildman–Crippen MR) is 178 cm³/mol. The number of hydrogen-bond donors (Lipinski definition) is 0. The molecule has 0 radical (unpaired) electrons. The molecule has 1 aliphatic carbocycles. The molecule has 2 heteroatoms. The van der Waals surface area contributed by atoms with Gasteiger partial charge in [0.25, 0.3) is 0 Å². The van der Waals surface area contributed by atoms with E-state index in [-0.39, 0.29) is 0 Å². The summed E-state index contributed by atoms with van der Waals surface area (Å²) in [5, 5.41) is 2.13. The lowest BCUT2D eigenvalue weighted by atomic mass is 9.78. The largest absolute Gasteiger partial charge is 0.455 e. The first-order chi connectivity index (χ1) is 21.3. The highest BCUT2D eigenvalue weighted by atomic mass is 16.3. The Morgan fingerprint density at radius 3 is 1.53 bits per heavy atom. The molecule has 8 aromatic rings. The smallest absolute Gasteiger partial charge is 0.143 e. The molecule has 0 aliphatic heterocycles. The second kappa shape index (κ2) is 9.40. The lowest BCUT2D eigenvalue weighted by Crippen LogP contribution is -1.98. The molecule has 0 atom stereocenters. The van der Waals surface area contributed by atoms with Crippen LogP contribution in [-0.4, -0.2) is 4.98 Å². The third-order valence-electron chi connectivity index (χ3n) is 8.79. The van der Waals surface area contributed by atoms with Crippen LogP contribution >= 0.6 is 0 Å². The molecule has 0 amide bonds. The number of furan rings is 1. The first-order valence-corrected chi connectivity index (χ1v) is 14.6. The topological polar surface area (TPSA) is 26.0 Å². The fourth-order valence-corrected chi connectivity index (χ4v) is 6.85. The molecule has 2 heterocycles. The van der Waals surface area contributed by atoms with Crippen molar-refractivity contribution in [1.82, 2.24) is 4.98 Å². The Kier molecular flexibility index (Phi) is 5.23. The standard InChI is InChI=1S/C41H25NO/c1-2-10-31-30(9-1)32-11-3-4-12-34(32)36-17-7-15-28(40(36)35-14-6-5-13-33(31)35)26-19-21-27(22-20-26)29-16-8-18-37-38-25-42-24-23-39(38)43-41(29)37/h1-25H. The Labute approximate surface area is 249 Å². The van der Waals surface area contributed by atoms with Crippen molar-refractivity contribution in [3.8, 4) is 66.8 Å². The first-order valence-electron chi connectivity index (χ1n) is 14.6. The fourth-order valence-electron chi connectivity index (χ4n) is 6.85. The Balaban J connectivity index is 1.25. The van der Waals surface area contributed by atoms with Gasteiger partial charge in [0.05, 0.1) is 0 Å². The van der Waals surface area contributed by atoms with Gasteiger partial charge in [0.15, 0.2) is 0 Å². The summed E-state index contributed by atoms with van der Waals surface area (Å²) in [4.78, 5) is 4.31. The number of benzene rings is 6. The van der Waals surface area contributed by atoms with Gasteiger partial charge in [-0.15, -0.1) is 0 Å². The number of pyridine rings is 1. The molecule has 6 aromatic carbocycles. The highest BCUT2D eigenvalue weighted by molar-refractivity contribution is 6.10. The van der Waals surface area contributed by atoms with E-state index >= 15 is 0 Å². The minimum absolute atomic E-state index is 0.859. The third-order valence-corrected chi connectivity index (χ3v) is 8.79. The lowest BCUT2D eigenvalue weighted by Gasteiger charge is -2.25. The highest BCUT2D eigenvalue weighted by Gasteiger charge is 2.23. The summed E-state index contributed by atoms with van der Waals surface area (Å²) in [5.41, 5.74) is 16.4. The van der Waals surface area contributed by atoms with E-state index in [1.807, 2.05) is 12.3 Å². The van der Waals surface area contributed by atoms with Gasteiger partial charge >= 0.3 is 0 Å². The van der Waals surface area contributed by atoms with E-state index < -0.39 is 0 Å². The zero-order valence-electron chi connectivity index (χ0n) is 23.3. The zero-order chi connectivity index (χ0) is 28.3. The summed E-state index contributed by atoms with van der Waals surface area (Å²) in [6.45, 7) is 0. The van der Waals surface area contributed by atoms with Gasteiger partial charge in [-0.05, 0) is 67.3 Å². The maximum absolute atomic E-state index is 6.31. The third kappa shape index (κ3) is 3.63. The Hall–Kier alpha value is -5.73. The van der Waals surface area contributed by atoms with E-state index in [9.17, 15) is 0 Å². The van der Waals surface area contributed by atoms with E-state index in [0.29, 0.717) is 0 Å². The minimum Gasteiger partial charge on any atom is -0.455 e. The molecule has 2 nitrogen and oxygen atoms in total. The van der Waals surface area contributed by atoms with Crippen LogP contribution in [0, 0.1) is 0 Å². The number of fused-ring (bicyclic) bond motifs is 11. The summed E-state index contributed by atoms with van der Waals surface area (Å²) in [6, 6.07) is 50.3. The van der Waals surface area contributed by atoms with Crippen molar-refractivity contribution < 1.29 is 4.42 Å². The van der Waals surface area contributed by atoms with Gasteiger partial charge in [0, 0.05) is 28.7 Å². The van der Waals surface area contributed by atoms with Crippen molar-refractivity contribution >= 4 is 21.9 Å². The van der Waals surface area contributed by atoms with Crippen LogP contribution in [-0.2, 0) is 0 Å². The van der Waals surface area contributed by atoms with Gasteiger partial charge in [-0.2, -0.15) is 0 Å². The zero-order valence-corrected chi connectivity index (χ0v) is 23.3. The van der Waals surface area contributed by atoms with Crippen LogP contribution in [0.1, 0.15) is 0 Å². The van der Waals surface area contributed by atoms with Crippen molar-refractivity contribution in [2.45, 2.75) is 0 Å². The van der Waals surface area contributed by atoms with Crippen LogP contribution in [0.25, 0.3) is 88.7 Å². The van der Waals surface area contributed by atoms with Crippen LogP contribution in [0.15, 0.2) is 156 Å². The maximum atomic E-state index is 6.31. The monoisotopic (exact) mass is 547 g/mol. The summed E-state index contributed by atoms with van der Waals surface area (Å²) < 4.78 is 6.31. The number of rotatable bonds is 2. The van der Waals surface area contributed by atoms with Gasteiger partial charge in [0.2, 0.25) is 0 Å². The van der Waals surface area contributed by atoms with Gasteiger partial charge < -0.3 is 4.42 Å². The Morgan fingerprint density at radius 2 is 0.860 bits per heavy atom. The summed E-state index contributed by atoms with van der Waals surface area (Å²) >= 11 is 0. The molecule has 200 valence electrons. The van der Waals surface area contributed by atoms with Crippen molar-refractivity contribution in [1.29, 1.82) is 0 Å². The maximum Gasteiger partial charge on any atom is 0.143 e. The second-order valence-corrected chi connectivity index (χ2v) is 11.1. The van der Waals surface area contributed by atoms with E-state index in [0.717, 1.165) is 33.1 Å². The molecule has 43 heavy (non-hydrogen) atoms. The van der Waals surface area contributed by atoms with E-state index in [4.69, 9.17) is 4.42 Å². The van der Waals surface area contributed by atoms with E-state index in [1.54, 1.807) is 6.20 Å². The molecule has 0 unspecified atom stereocenters. The Morgan fingerprint density at radius 1 is 0.372 bits per heavy atom. The Bertz CT molecular complexity index is 2340. The molecule has 0 saturated carbocycles. The molecule has 1 aliphatic rings. The van der Waals surface area contributed by atoms with Gasteiger partial charge in [-0.1, -0.05) is 133 Å². The first kappa shape index (κ1) is 23.9. The molecule has 9 rings (SSSR count). The van der Waals surface area contributed by atoms with E-state index in [1.165, 1.54) is 55.6 Å². The average molecular weight is 548 g/mol. The lowest BCUT2D eigenvalue weighted by molar-refractivity contribution is 0.669. The molecule has 0 saturated heterocycles. The molecule has 0 bridgehead atoms. The fraction of sp³-hybridized carbons (Fsp3) is 0. The number of para-hydroxylation sites is 1. The number of hydrogen-bond acceptors (Lipinski definition) is 2. The van der Waals surface area contributed by atoms with Crippen LogP contribution in [0.4, 0.5) is 0 Å². The predicted octanol–water partition coefficient (Wildman–Crippen LogP) is 11.3. The second-order valence-electron chi connectivity index (χ2n) is 11.1. The summed E-state index contributed by atoms with van der Waals surface area (Å²) in [5.74, 6) is 0. The highest BCUT2D eigenvalue weighted by Crippen LogP contribution is 2.50. The van der Waals surface area contributed by atoms with Crippen molar-refractivity contribution in [2.75, 3.05) is 0 Å². The van der Waals surface area contributed by atoms with Gasteiger partial charge in [-0.3, -0.25) is 4.98 Å². The van der Waals surface area contributed by atoms with Gasteiger partial charge in [-0.25, -0.2) is 0 Å². The van der Waals surface area contributed by atoms with Crippen LogP contribution in [0.3, 0.4) is 0 Å². The number of aromatic nitrogens is 1. The van der Waals surface area contributed by atoms with Crippen molar-refractivity contribution in [3.05, 3.63) is 152 Å². The van der Waals surface area contributed by atoms with Gasteiger partial charge in [0.1, 0.15) is 11.2 Å². The summed E-state index contributed by atoms with van der Waals surface area (Å²) in [7, 11) is 0. The van der Waals surface area contributed by atoms with Crippen LogP contribution in [0.5, 0.6) is 0 Å². The molecule has 0 spiro atoms. The van der Waals surface area contributed by atoms with Crippen molar-refractivity contribution in [2.24, 2.45) is 0 Å². The number of nitrogens with zero attached hydrogens (tertiary/aromatic N) is 1. The normalized spacial score (nSPS) is 11.7. The van der Waals surface area contributed by atoms with E-state index in [2.05, 4.69) is 138 Å². The molecule has 0 fully saturated rings. The SMILES string of the molecule is c1ccc2c(c1)-c1ccccc1-c1cccc(-c3ccc(-c4cccc5c4oc4ccncc45)cc3)c1-c1ccccc1-2. The molecule has 0 N–H and O–H groups in total. The molecular weight excluding hydrogens is 522 g/mol. The molecular formula is C41H25NO. The summed E-state index contributed by atoms with van der Waals surface area (Å²) in [6.07, 6.45) is 3.66.